The molecule has 3 fully saturated rings. The van der Waals surface area contributed by atoms with Crippen molar-refractivity contribution < 1.29 is 4.79 Å². The summed E-state index contributed by atoms with van der Waals surface area (Å²) in [6, 6.07) is 9.48. The van der Waals surface area contributed by atoms with Crippen LogP contribution in [0.25, 0.3) is 0 Å². The minimum Gasteiger partial charge on any atom is -0.335 e. The fourth-order valence-corrected chi connectivity index (χ4v) is 5.42. The lowest BCUT2D eigenvalue weighted by atomic mass is 9.67. The van der Waals surface area contributed by atoms with Gasteiger partial charge in [0.1, 0.15) is 0 Å². The monoisotopic (exact) mass is 326 g/mol. The van der Waals surface area contributed by atoms with Crippen molar-refractivity contribution in [3.8, 4) is 0 Å². The number of carbonyl (C=O) groups excluding carboxylic acids is 1. The van der Waals surface area contributed by atoms with E-state index in [1.165, 1.54) is 43.2 Å². The molecule has 3 nitrogen and oxygen atoms in total. The van der Waals surface area contributed by atoms with Gasteiger partial charge >= 0.3 is 0 Å². The molecule has 3 aliphatic rings. The second-order valence-corrected chi connectivity index (χ2v) is 8.05. The molecule has 1 N–H and O–H groups in total. The molecule has 3 heteroatoms. The molecular formula is C21H30N2O. The van der Waals surface area contributed by atoms with E-state index in [9.17, 15) is 4.79 Å². The predicted molar refractivity (Wildman–Crippen MR) is 97.1 cm³/mol. The van der Waals surface area contributed by atoms with E-state index >= 15 is 0 Å². The third-order valence-electron chi connectivity index (χ3n) is 6.67. The molecule has 4 rings (SSSR count). The van der Waals surface area contributed by atoms with E-state index in [-0.39, 0.29) is 5.41 Å². The van der Waals surface area contributed by atoms with Crippen LogP contribution in [0.3, 0.4) is 0 Å². The maximum Gasteiger partial charge on any atom is 0.233 e. The van der Waals surface area contributed by atoms with E-state index in [4.69, 9.17) is 0 Å². The lowest BCUT2D eigenvalue weighted by molar-refractivity contribution is -0.141. The molecule has 2 unspecified atom stereocenters. The van der Waals surface area contributed by atoms with Gasteiger partial charge in [0.2, 0.25) is 5.91 Å². The number of rotatable bonds is 2. The Labute approximate surface area is 145 Å². The number of fused-ring (bicyclic) bond motifs is 2. The minimum absolute atomic E-state index is 0.269. The highest BCUT2D eigenvalue weighted by atomic mass is 16.2. The lowest BCUT2D eigenvalue weighted by Gasteiger charge is -2.43. The van der Waals surface area contributed by atoms with Crippen molar-refractivity contribution in [2.45, 2.75) is 75.8 Å². The smallest absolute Gasteiger partial charge is 0.233 e. The van der Waals surface area contributed by atoms with Gasteiger partial charge in [-0.05, 0) is 56.7 Å². The largest absolute Gasteiger partial charge is 0.335 e. The van der Waals surface area contributed by atoms with Crippen molar-refractivity contribution in [2.24, 2.45) is 0 Å². The minimum atomic E-state index is -0.269. The van der Waals surface area contributed by atoms with Crippen molar-refractivity contribution in [1.29, 1.82) is 0 Å². The fraction of sp³-hybridized carbons (Fsp3) is 0.667. The normalized spacial score (nSPS) is 29.3. The number of amides is 1. The summed E-state index contributed by atoms with van der Waals surface area (Å²) in [5, 5.41) is 3.54. The van der Waals surface area contributed by atoms with Gasteiger partial charge < -0.3 is 10.2 Å². The van der Waals surface area contributed by atoms with Crippen LogP contribution in [-0.2, 0) is 10.2 Å². The van der Waals surface area contributed by atoms with Crippen molar-refractivity contribution in [2.75, 3.05) is 13.1 Å². The first kappa shape index (κ1) is 16.1. The second-order valence-electron chi connectivity index (χ2n) is 8.05. The number of benzene rings is 1. The van der Waals surface area contributed by atoms with Crippen LogP contribution >= 0.6 is 0 Å². The summed E-state index contributed by atoms with van der Waals surface area (Å²) in [5.41, 5.74) is 2.31. The topological polar surface area (TPSA) is 32.3 Å². The molecule has 0 radical (unpaired) electrons. The van der Waals surface area contributed by atoms with E-state index in [1.54, 1.807) is 0 Å². The van der Waals surface area contributed by atoms with Crippen LogP contribution in [0.4, 0.5) is 0 Å². The zero-order chi connectivity index (χ0) is 16.6. The average Bonchev–Trinajstić information content (AvgIpc) is 2.88. The summed E-state index contributed by atoms with van der Waals surface area (Å²) in [5.74, 6) is 0.438. The van der Waals surface area contributed by atoms with Crippen LogP contribution < -0.4 is 5.32 Å². The van der Waals surface area contributed by atoms with Gasteiger partial charge in [-0.25, -0.2) is 0 Å². The van der Waals surface area contributed by atoms with Crippen LogP contribution in [0, 0.1) is 6.92 Å². The lowest BCUT2D eigenvalue weighted by Crippen LogP contribution is -2.53. The van der Waals surface area contributed by atoms with Gasteiger partial charge in [0.05, 0.1) is 5.41 Å². The van der Waals surface area contributed by atoms with Crippen molar-refractivity contribution in [3.63, 3.8) is 0 Å². The maximum absolute atomic E-state index is 13.9. The molecule has 2 aliphatic heterocycles. The average molecular weight is 326 g/mol. The standard InChI is InChI=1S/C21H30N2O/c1-16-7-3-4-8-19(16)21(12-5-2-6-13-21)20(24)23-17-9-10-18(23)15-22-14-11-17/h3-4,7-8,17-18,22H,2,5-6,9-15H2,1H3. The molecule has 1 aromatic carbocycles. The van der Waals surface area contributed by atoms with Gasteiger partial charge in [0.25, 0.3) is 0 Å². The van der Waals surface area contributed by atoms with E-state index < -0.39 is 0 Å². The third-order valence-corrected chi connectivity index (χ3v) is 6.67. The number of hydrogen-bond donors (Lipinski definition) is 1. The summed E-state index contributed by atoms with van der Waals surface area (Å²) in [6.45, 7) is 4.21. The fourth-order valence-electron chi connectivity index (χ4n) is 5.42. The summed E-state index contributed by atoms with van der Waals surface area (Å²) >= 11 is 0. The zero-order valence-corrected chi connectivity index (χ0v) is 14.9. The maximum atomic E-state index is 13.9. The molecule has 2 heterocycles. The Balaban J connectivity index is 1.74. The van der Waals surface area contributed by atoms with E-state index in [0.29, 0.717) is 18.0 Å². The first-order chi connectivity index (χ1) is 11.7. The van der Waals surface area contributed by atoms with E-state index in [1.807, 2.05) is 0 Å². The first-order valence-electron chi connectivity index (χ1n) is 9.82. The zero-order valence-electron chi connectivity index (χ0n) is 14.9. The summed E-state index contributed by atoms with van der Waals surface area (Å²) in [4.78, 5) is 16.3. The highest BCUT2D eigenvalue weighted by molar-refractivity contribution is 5.89. The van der Waals surface area contributed by atoms with Crippen LogP contribution in [0.1, 0.15) is 62.5 Å². The third kappa shape index (κ3) is 2.57. The van der Waals surface area contributed by atoms with E-state index in [2.05, 4.69) is 41.4 Å². The molecule has 2 saturated heterocycles. The molecule has 1 amide bonds. The number of hydrogen-bond acceptors (Lipinski definition) is 2. The van der Waals surface area contributed by atoms with Crippen molar-refractivity contribution in [3.05, 3.63) is 35.4 Å². The molecular weight excluding hydrogens is 296 g/mol. The molecule has 0 aromatic heterocycles. The molecule has 1 aliphatic carbocycles. The van der Waals surface area contributed by atoms with Gasteiger partial charge in [-0.3, -0.25) is 4.79 Å². The Hall–Kier alpha value is -1.35. The molecule has 1 aromatic rings. The van der Waals surface area contributed by atoms with Gasteiger partial charge in [0, 0.05) is 18.6 Å². The molecule has 24 heavy (non-hydrogen) atoms. The summed E-state index contributed by atoms with van der Waals surface area (Å²) in [6.07, 6.45) is 9.18. The number of nitrogens with one attached hydrogen (secondary N) is 1. The van der Waals surface area contributed by atoms with Crippen LogP contribution in [-0.4, -0.2) is 36.0 Å². The number of aryl methyl sites for hydroxylation is 1. The Bertz CT molecular complexity index is 592. The molecule has 0 spiro atoms. The Morgan fingerprint density at radius 2 is 1.83 bits per heavy atom. The van der Waals surface area contributed by atoms with Crippen LogP contribution in [0.5, 0.6) is 0 Å². The first-order valence-corrected chi connectivity index (χ1v) is 9.82. The summed E-state index contributed by atoms with van der Waals surface area (Å²) in [7, 11) is 0. The van der Waals surface area contributed by atoms with Crippen LogP contribution in [0.15, 0.2) is 24.3 Å². The van der Waals surface area contributed by atoms with Gasteiger partial charge in [0.15, 0.2) is 0 Å². The number of nitrogens with zero attached hydrogens (tertiary/aromatic N) is 1. The number of carbonyl (C=O) groups is 1. The molecule has 2 atom stereocenters. The SMILES string of the molecule is Cc1ccccc1C1(C(=O)N2C3CCNCC2CC3)CCCCC1. The predicted octanol–water partition coefficient (Wildman–Crippen LogP) is 3.55. The molecule has 2 bridgehead atoms. The Morgan fingerprint density at radius 1 is 1.08 bits per heavy atom. The Kier molecular flexibility index (Phi) is 4.38. The van der Waals surface area contributed by atoms with Gasteiger partial charge in [-0.15, -0.1) is 0 Å². The highest BCUT2D eigenvalue weighted by Gasteiger charge is 2.49. The van der Waals surface area contributed by atoms with Crippen molar-refractivity contribution in [1.82, 2.24) is 10.2 Å². The second kappa shape index (κ2) is 6.51. The van der Waals surface area contributed by atoms with Gasteiger partial charge in [-0.1, -0.05) is 43.5 Å². The summed E-state index contributed by atoms with van der Waals surface area (Å²) < 4.78 is 0. The highest BCUT2D eigenvalue weighted by Crippen LogP contribution is 2.44. The quantitative estimate of drug-likeness (QED) is 0.901. The van der Waals surface area contributed by atoms with Crippen molar-refractivity contribution >= 4 is 5.91 Å². The molecule has 130 valence electrons. The van der Waals surface area contributed by atoms with E-state index in [0.717, 1.165) is 32.4 Å². The van der Waals surface area contributed by atoms with Gasteiger partial charge in [-0.2, -0.15) is 0 Å². The molecule has 1 saturated carbocycles. The Morgan fingerprint density at radius 3 is 2.62 bits per heavy atom. The van der Waals surface area contributed by atoms with Crippen LogP contribution in [0.2, 0.25) is 0 Å².